The van der Waals surface area contributed by atoms with Crippen LogP contribution >= 0.6 is 0 Å². The summed E-state index contributed by atoms with van der Waals surface area (Å²) in [6, 6.07) is -0.629. The number of likely N-dealkylation sites (N-methyl/N-ethyl adjacent to an activating group) is 1. The number of hydrogen-bond donors (Lipinski definition) is 1. The topological polar surface area (TPSA) is 99.1 Å². The second kappa shape index (κ2) is 43.4. The first kappa shape index (κ1) is 57.8. The number of ether oxygens (including phenoxy) is 3. The monoisotopic (exact) mass is 855 g/mol. The number of aliphatic carboxylic acids is 1. The van der Waals surface area contributed by atoms with Crippen LogP contribution < -0.4 is 0 Å². The van der Waals surface area contributed by atoms with Gasteiger partial charge in [-0.25, -0.2) is 4.79 Å². The van der Waals surface area contributed by atoms with Crippen molar-refractivity contribution in [2.24, 2.45) is 0 Å². The number of carboxylic acids is 1. The van der Waals surface area contributed by atoms with E-state index in [1.807, 2.05) is 21.1 Å². The lowest BCUT2D eigenvalue weighted by molar-refractivity contribution is -0.887. The Balaban J connectivity index is 4.36. The maximum Gasteiger partial charge on any atom is 0.362 e. The summed E-state index contributed by atoms with van der Waals surface area (Å²) < 4.78 is 17.3. The number of esters is 2. The lowest BCUT2D eigenvalue weighted by Crippen LogP contribution is -2.50. The van der Waals surface area contributed by atoms with E-state index in [2.05, 4.69) is 86.8 Å². The fraction of sp³-hybridized carbons (Fsp3) is 0.717. The number of quaternary nitrogens is 1. The maximum absolute atomic E-state index is 12.7. The predicted octanol–water partition coefficient (Wildman–Crippen LogP) is 13.9. The molecule has 2 atom stereocenters. The van der Waals surface area contributed by atoms with Gasteiger partial charge < -0.3 is 23.8 Å². The molecule has 0 aromatic heterocycles. The van der Waals surface area contributed by atoms with Gasteiger partial charge in [0, 0.05) is 19.3 Å². The SMILES string of the molecule is CC/C=C/C/C=C/C/C=C/C/C=C/C/C=C/CCCC(=O)OC(COCCC(C(=O)O)[N+](C)(C)C)COC(=O)CCCCCCCCC/C=C/CCCCCCCCCCC. The molecule has 0 rings (SSSR count). The third kappa shape index (κ3) is 41.9. The van der Waals surface area contributed by atoms with Crippen molar-refractivity contribution in [1.82, 2.24) is 0 Å². The van der Waals surface area contributed by atoms with Crippen LogP contribution in [0.5, 0.6) is 0 Å². The van der Waals surface area contributed by atoms with Gasteiger partial charge in [-0.05, 0) is 77.0 Å². The van der Waals surface area contributed by atoms with Gasteiger partial charge in [0.25, 0.3) is 0 Å². The quantitative estimate of drug-likeness (QED) is 0.0282. The number of unbranched alkanes of at least 4 members (excludes halogenated alkanes) is 17. The van der Waals surface area contributed by atoms with Crippen molar-refractivity contribution in [3.05, 3.63) is 72.9 Å². The fourth-order valence-electron chi connectivity index (χ4n) is 6.83. The molecule has 0 spiro atoms. The maximum atomic E-state index is 12.7. The third-order valence-corrected chi connectivity index (χ3v) is 10.6. The molecule has 0 amide bonds. The van der Waals surface area contributed by atoms with E-state index < -0.39 is 18.1 Å². The average Bonchev–Trinajstić information content (AvgIpc) is 3.22. The summed E-state index contributed by atoms with van der Waals surface area (Å²) in [5.74, 6) is -1.55. The van der Waals surface area contributed by atoms with Crippen molar-refractivity contribution in [3.8, 4) is 0 Å². The first-order valence-electron chi connectivity index (χ1n) is 24.5. The Labute approximate surface area is 374 Å². The standard InChI is InChI=1S/C53H91NO7/c1-6-8-10-12-14-16-18-20-22-24-25-26-28-29-31-33-35-37-39-41-43-51(55)60-48-49(47-59-46-45-50(53(57)58)54(3,4)5)61-52(56)44-42-40-38-36-34-32-30-27-23-21-19-17-15-13-11-9-7-2/h9,11,15,17,21,23,25-26,30,32,36,38,49-50H,6-8,10,12-14,16,18-20,22,24,27-29,31,33-35,37,39-48H2,1-5H3/p+1/b11-9+,17-15+,23-21+,26-25+,32-30+,38-36+. The van der Waals surface area contributed by atoms with Gasteiger partial charge in [-0.2, -0.15) is 0 Å². The van der Waals surface area contributed by atoms with Gasteiger partial charge in [0.1, 0.15) is 6.61 Å². The highest BCUT2D eigenvalue weighted by Crippen LogP contribution is 2.14. The Bertz CT molecular complexity index is 1230. The van der Waals surface area contributed by atoms with Gasteiger partial charge in [0.2, 0.25) is 0 Å². The van der Waals surface area contributed by atoms with Gasteiger partial charge in [0.05, 0.1) is 34.4 Å². The first-order chi connectivity index (χ1) is 29.6. The summed E-state index contributed by atoms with van der Waals surface area (Å²) in [5.41, 5.74) is 0. The number of nitrogens with zero attached hydrogens (tertiary/aromatic N) is 1. The first-order valence-corrected chi connectivity index (χ1v) is 24.5. The summed E-state index contributed by atoms with van der Waals surface area (Å²) in [5, 5.41) is 9.64. The predicted molar refractivity (Wildman–Crippen MR) is 257 cm³/mol. The fourth-order valence-corrected chi connectivity index (χ4v) is 6.83. The van der Waals surface area contributed by atoms with Gasteiger partial charge in [0.15, 0.2) is 12.1 Å². The second-order valence-corrected chi connectivity index (χ2v) is 17.3. The van der Waals surface area contributed by atoms with Crippen molar-refractivity contribution in [1.29, 1.82) is 0 Å². The summed E-state index contributed by atoms with van der Waals surface area (Å²) in [4.78, 5) is 37.1. The number of allylic oxidation sites excluding steroid dienone is 12. The van der Waals surface area contributed by atoms with E-state index in [0.717, 1.165) is 57.8 Å². The van der Waals surface area contributed by atoms with E-state index in [4.69, 9.17) is 14.2 Å². The molecule has 0 fully saturated rings. The van der Waals surface area contributed by atoms with E-state index in [0.29, 0.717) is 19.3 Å². The lowest BCUT2D eigenvalue weighted by Gasteiger charge is -2.31. The molecule has 0 aromatic carbocycles. The van der Waals surface area contributed by atoms with Crippen LogP contribution in [0.25, 0.3) is 0 Å². The largest absolute Gasteiger partial charge is 0.477 e. The third-order valence-electron chi connectivity index (χ3n) is 10.6. The Morgan fingerprint density at radius 2 is 0.934 bits per heavy atom. The van der Waals surface area contributed by atoms with Gasteiger partial charge in [-0.15, -0.1) is 0 Å². The summed E-state index contributed by atoms with van der Waals surface area (Å²) in [6.07, 6.45) is 55.3. The molecule has 0 aliphatic rings. The molecule has 0 saturated heterocycles. The zero-order chi connectivity index (χ0) is 44.9. The molecule has 8 heteroatoms. The van der Waals surface area contributed by atoms with E-state index >= 15 is 0 Å². The summed E-state index contributed by atoms with van der Waals surface area (Å²) in [6.45, 7) is 4.56. The molecule has 0 saturated carbocycles. The van der Waals surface area contributed by atoms with Crippen molar-refractivity contribution < 1.29 is 38.2 Å². The number of rotatable bonds is 43. The van der Waals surface area contributed by atoms with Crippen LogP contribution in [0.4, 0.5) is 0 Å². The minimum atomic E-state index is -0.886. The molecule has 0 aliphatic heterocycles. The molecule has 0 aromatic rings. The van der Waals surface area contributed by atoms with E-state index in [1.54, 1.807) is 0 Å². The molecule has 2 unspecified atom stereocenters. The number of carbonyl (C=O) groups is 3. The van der Waals surface area contributed by atoms with Crippen LogP contribution in [0.2, 0.25) is 0 Å². The average molecular weight is 855 g/mol. The molecule has 8 nitrogen and oxygen atoms in total. The lowest BCUT2D eigenvalue weighted by atomic mass is 10.1. The highest BCUT2D eigenvalue weighted by Gasteiger charge is 2.31. The molecule has 0 radical (unpaired) electrons. The number of hydrogen-bond acceptors (Lipinski definition) is 6. The molecular weight excluding hydrogens is 763 g/mol. The van der Waals surface area contributed by atoms with Crippen LogP contribution in [0, 0.1) is 0 Å². The number of carbonyl (C=O) groups excluding carboxylic acids is 2. The van der Waals surface area contributed by atoms with Crippen LogP contribution in [-0.4, -0.2) is 80.6 Å². The summed E-state index contributed by atoms with van der Waals surface area (Å²) >= 11 is 0. The summed E-state index contributed by atoms with van der Waals surface area (Å²) in [7, 11) is 5.51. The van der Waals surface area contributed by atoms with Crippen LogP contribution in [0.1, 0.15) is 194 Å². The smallest absolute Gasteiger partial charge is 0.362 e. The van der Waals surface area contributed by atoms with Gasteiger partial charge in [-0.3, -0.25) is 9.59 Å². The Morgan fingerprint density at radius 1 is 0.508 bits per heavy atom. The molecule has 0 aliphatic carbocycles. The number of carboxylic acid groups (broad SMARTS) is 1. The second-order valence-electron chi connectivity index (χ2n) is 17.3. The van der Waals surface area contributed by atoms with Gasteiger partial charge >= 0.3 is 17.9 Å². The molecule has 61 heavy (non-hydrogen) atoms. The zero-order valence-corrected chi connectivity index (χ0v) is 39.8. The van der Waals surface area contributed by atoms with Crippen molar-refractivity contribution in [3.63, 3.8) is 0 Å². The Kier molecular flexibility index (Phi) is 41.1. The van der Waals surface area contributed by atoms with Crippen molar-refractivity contribution >= 4 is 17.9 Å². The van der Waals surface area contributed by atoms with Crippen LogP contribution in [-0.2, 0) is 28.6 Å². The van der Waals surface area contributed by atoms with E-state index in [9.17, 15) is 19.5 Å². The molecule has 0 heterocycles. The molecule has 1 N–H and O–H groups in total. The highest BCUT2D eigenvalue weighted by molar-refractivity contribution is 5.72. The van der Waals surface area contributed by atoms with Crippen LogP contribution in [0.15, 0.2) is 72.9 Å². The minimum absolute atomic E-state index is 0.0341. The highest BCUT2D eigenvalue weighted by atomic mass is 16.6. The van der Waals surface area contributed by atoms with Crippen molar-refractivity contribution in [2.75, 3.05) is 41.0 Å². The van der Waals surface area contributed by atoms with Gasteiger partial charge in [-0.1, -0.05) is 170 Å². The molecular formula is C53H92NO7+. The minimum Gasteiger partial charge on any atom is -0.477 e. The Hall–Kier alpha value is -3.23. The van der Waals surface area contributed by atoms with E-state index in [-0.39, 0.29) is 42.7 Å². The Morgan fingerprint density at radius 3 is 1.43 bits per heavy atom. The zero-order valence-electron chi connectivity index (χ0n) is 39.8. The molecule has 0 bridgehead atoms. The van der Waals surface area contributed by atoms with E-state index in [1.165, 1.54) is 96.3 Å². The molecule has 350 valence electrons. The van der Waals surface area contributed by atoms with Crippen molar-refractivity contribution in [2.45, 2.75) is 206 Å². The normalized spacial score (nSPS) is 13.5. The van der Waals surface area contributed by atoms with Crippen LogP contribution in [0.3, 0.4) is 0 Å².